The molecular formula is C27H35N3O5. The van der Waals surface area contributed by atoms with Crippen molar-refractivity contribution in [2.24, 2.45) is 4.99 Å². The van der Waals surface area contributed by atoms with Crippen molar-refractivity contribution < 1.29 is 24.2 Å². The summed E-state index contributed by atoms with van der Waals surface area (Å²) in [4.78, 5) is 43.7. The summed E-state index contributed by atoms with van der Waals surface area (Å²) in [6.45, 7) is 12.8. The molecule has 8 heteroatoms. The number of nitrogens with zero attached hydrogens (tertiary/aromatic N) is 2. The van der Waals surface area contributed by atoms with E-state index in [1.54, 1.807) is 32.9 Å². The summed E-state index contributed by atoms with van der Waals surface area (Å²) in [6.07, 6.45) is -0.614. The first-order valence-corrected chi connectivity index (χ1v) is 11.7. The molecule has 8 nitrogen and oxygen atoms in total. The monoisotopic (exact) mass is 481 g/mol. The molecule has 35 heavy (non-hydrogen) atoms. The molecule has 1 aliphatic heterocycles. The number of aliphatic imine (C=N–C) groups is 1. The number of hydrogen-bond donors (Lipinski definition) is 2. The van der Waals surface area contributed by atoms with E-state index in [0.29, 0.717) is 5.56 Å². The van der Waals surface area contributed by atoms with Gasteiger partial charge in [-0.2, -0.15) is 0 Å². The van der Waals surface area contributed by atoms with E-state index in [0.717, 1.165) is 5.56 Å². The second-order valence-corrected chi connectivity index (χ2v) is 9.56. The number of nitrogens with one attached hydrogen (secondary N) is 1. The zero-order valence-electron chi connectivity index (χ0n) is 21.5. The summed E-state index contributed by atoms with van der Waals surface area (Å²) in [5, 5.41) is 12.1. The maximum Gasteiger partial charge on any atom is 0.414 e. The Hall–Kier alpha value is -3.68. The van der Waals surface area contributed by atoms with Crippen molar-refractivity contribution in [3.63, 3.8) is 0 Å². The summed E-state index contributed by atoms with van der Waals surface area (Å²) >= 11 is 0. The Morgan fingerprint density at radius 2 is 1.66 bits per heavy atom. The molecule has 1 aliphatic rings. The van der Waals surface area contributed by atoms with Crippen molar-refractivity contribution in [1.29, 1.82) is 0 Å². The number of carboxylic acid groups (broad SMARTS) is 1. The minimum absolute atomic E-state index is 0.0556. The van der Waals surface area contributed by atoms with Crippen molar-refractivity contribution >= 4 is 23.9 Å². The van der Waals surface area contributed by atoms with E-state index in [9.17, 15) is 19.5 Å². The van der Waals surface area contributed by atoms with Crippen molar-refractivity contribution in [3.05, 3.63) is 71.3 Å². The van der Waals surface area contributed by atoms with Gasteiger partial charge in [-0.25, -0.2) is 14.6 Å². The van der Waals surface area contributed by atoms with Crippen LogP contribution in [-0.2, 0) is 9.53 Å². The van der Waals surface area contributed by atoms with Gasteiger partial charge in [-0.15, -0.1) is 0 Å². The van der Waals surface area contributed by atoms with E-state index in [1.807, 2.05) is 58.0 Å². The summed E-state index contributed by atoms with van der Waals surface area (Å²) in [5.41, 5.74) is -0.0585. The highest BCUT2D eigenvalue weighted by atomic mass is 16.6. The number of aromatic carboxylic acids is 1. The molecule has 1 atom stereocenters. The zero-order chi connectivity index (χ0) is 26.4. The number of amides is 2. The number of carbonyl (C=O) groups excluding carboxylic acids is 2. The number of guanidine groups is 1. The molecule has 0 radical (unpaired) electrons. The number of carboxylic acids is 1. The molecule has 2 aromatic carbocycles. The highest BCUT2D eigenvalue weighted by Crippen LogP contribution is 2.34. The van der Waals surface area contributed by atoms with Crippen molar-refractivity contribution in [2.75, 3.05) is 0 Å². The van der Waals surface area contributed by atoms with Gasteiger partial charge >= 0.3 is 12.1 Å². The van der Waals surface area contributed by atoms with Crippen LogP contribution in [0, 0.1) is 0 Å². The Balaban J connectivity index is 0.00000210. The largest absolute Gasteiger partial charge is 0.478 e. The van der Waals surface area contributed by atoms with Crippen LogP contribution in [0.25, 0.3) is 0 Å². The third-order valence-corrected chi connectivity index (χ3v) is 4.92. The third kappa shape index (κ3) is 7.40. The molecule has 1 unspecified atom stereocenters. The fraction of sp³-hybridized carbons (Fsp3) is 0.407. The smallest absolute Gasteiger partial charge is 0.414 e. The average Bonchev–Trinajstić information content (AvgIpc) is 2.76. The van der Waals surface area contributed by atoms with E-state index in [-0.39, 0.29) is 23.9 Å². The van der Waals surface area contributed by atoms with E-state index in [4.69, 9.17) is 4.74 Å². The topological polar surface area (TPSA) is 108 Å². The van der Waals surface area contributed by atoms with Gasteiger partial charge in [0, 0.05) is 0 Å². The lowest BCUT2D eigenvalue weighted by Gasteiger charge is -2.39. The van der Waals surface area contributed by atoms with E-state index >= 15 is 0 Å². The molecule has 0 saturated carbocycles. The van der Waals surface area contributed by atoms with Crippen LogP contribution in [0.5, 0.6) is 0 Å². The summed E-state index contributed by atoms with van der Waals surface area (Å²) in [6, 6.07) is 14.9. The quantitative estimate of drug-likeness (QED) is 0.608. The fourth-order valence-corrected chi connectivity index (χ4v) is 3.67. The molecule has 0 aliphatic carbocycles. The summed E-state index contributed by atoms with van der Waals surface area (Å²) < 4.78 is 5.39. The Kier molecular flexibility index (Phi) is 8.79. The highest BCUT2D eigenvalue weighted by molar-refractivity contribution is 6.05. The lowest BCUT2D eigenvalue weighted by atomic mass is 9.92. The van der Waals surface area contributed by atoms with E-state index < -0.39 is 29.2 Å². The Morgan fingerprint density at radius 1 is 1.06 bits per heavy atom. The average molecular weight is 482 g/mol. The molecule has 0 saturated heterocycles. The molecule has 1 heterocycles. The SMILES string of the molecule is CC.CC1(C)CC(=O)N(C(c2ccccc2)c2cccc(C(=O)O)c2)C(NC(=O)OC(C)(C)C)=N1. The molecule has 2 aromatic rings. The number of hydrogen-bond acceptors (Lipinski definition) is 5. The molecule has 0 aromatic heterocycles. The van der Waals surface area contributed by atoms with Crippen LogP contribution >= 0.6 is 0 Å². The molecule has 0 fully saturated rings. The van der Waals surface area contributed by atoms with Crippen LogP contribution in [0.15, 0.2) is 59.6 Å². The zero-order valence-corrected chi connectivity index (χ0v) is 21.5. The molecule has 3 rings (SSSR count). The number of rotatable bonds is 4. The minimum Gasteiger partial charge on any atom is -0.478 e. The lowest BCUT2D eigenvalue weighted by Crippen LogP contribution is -2.55. The van der Waals surface area contributed by atoms with Gasteiger partial charge < -0.3 is 9.84 Å². The molecule has 2 N–H and O–H groups in total. The number of ether oxygens (including phenoxy) is 1. The van der Waals surface area contributed by atoms with Crippen LogP contribution in [0.3, 0.4) is 0 Å². The second-order valence-electron chi connectivity index (χ2n) is 9.56. The van der Waals surface area contributed by atoms with E-state index in [1.165, 1.54) is 17.0 Å². The number of benzene rings is 2. The highest BCUT2D eigenvalue weighted by Gasteiger charge is 2.40. The second kappa shape index (κ2) is 11.2. The summed E-state index contributed by atoms with van der Waals surface area (Å²) in [7, 11) is 0. The van der Waals surface area contributed by atoms with E-state index in [2.05, 4.69) is 10.3 Å². The first-order chi connectivity index (χ1) is 16.4. The van der Waals surface area contributed by atoms with Gasteiger partial charge in [0.25, 0.3) is 0 Å². The number of alkyl carbamates (subject to hydrolysis) is 1. The summed E-state index contributed by atoms with van der Waals surface area (Å²) in [5.74, 6) is -1.27. The normalized spacial score (nSPS) is 15.8. The van der Waals surface area contributed by atoms with Crippen LogP contribution in [0.2, 0.25) is 0 Å². The predicted octanol–water partition coefficient (Wildman–Crippen LogP) is 5.39. The first-order valence-electron chi connectivity index (χ1n) is 11.7. The third-order valence-electron chi connectivity index (χ3n) is 4.92. The van der Waals surface area contributed by atoms with Gasteiger partial charge in [0.05, 0.1) is 23.6 Å². The molecule has 0 bridgehead atoms. The maximum atomic E-state index is 13.4. The standard InChI is InChI=1S/C25H29N3O5.C2H6/c1-24(2,3)33-23(32)26-22-27-25(4,5)15-19(29)28(22)20(16-10-7-6-8-11-16)17-12-9-13-18(14-17)21(30)31;1-2/h6-14,20H,15H2,1-5H3,(H,30,31)(H,26,27,32);1-2H3. The van der Waals surface area contributed by atoms with Crippen LogP contribution in [0.4, 0.5) is 4.79 Å². The molecular weight excluding hydrogens is 446 g/mol. The predicted molar refractivity (Wildman–Crippen MR) is 135 cm³/mol. The van der Waals surface area contributed by atoms with Gasteiger partial charge in [-0.05, 0) is 57.9 Å². The van der Waals surface area contributed by atoms with Gasteiger partial charge in [-0.1, -0.05) is 56.3 Å². The van der Waals surface area contributed by atoms with Gasteiger partial charge in [-0.3, -0.25) is 15.0 Å². The van der Waals surface area contributed by atoms with Gasteiger partial charge in [0.2, 0.25) is 11.9 Å². The molecule has 2 amide bonds. The molecule has 188 valence electrons. The van der Waals surface area contributed by atoms with Gasteiger partial charge in [0.15, 0.2) is 0 Å². The Bertz CT molecular complexity index is 1090. The first kappa shape index (κ1) is 27.6. The molecule has 0 spiro atoms. The minimum atomic E-state index is -1.07. The van der Waals surface area contributed by atoms with Gasteiger partial charge in [0.1, 0.15) is 5.60 Å². The Labute approximate surface area is 207 Å². The van der Waals surface area contributed by atoms with Crippen LogP contribution in [-0.4, -0.2) is 45.1 Å². The lowest BCUT2D eigenvalue weighted by molar-refractivity contribution is -0.130. The van der Waals surface area contributed by atoms with Crippen LogP contribution in [0.1, 0.15) is 82.4 Å². The van der Waals surface area contributed by atoms with Crippen LogP contribution < -0.4 is 5.32 Å². The van der Waals surface area contributed by atoms with Crippen molar-refractivity contribution in [1.82, 2.24) is 10.2 Å². The van der Waals surface area contributed by atoms with Crippen molar-refractivity contribution in [2.45, 2.75) is 72.1 Å². The maximum absolute atomic E-state index is 13.4. The number of carbonyl (C=O) groups is 3. The van der Waals surface area contributed by atoms with Crippen molar-refractivity contribution in [3.8, 4) is 0 Å². The fourth-order valence-electron chi connectivity index (χ4n) is 3.67. The Morgan fingerprint density at radius 3 is 2.23 bits per heavy atom.